The van der Waals surface area contributed by atoms with Crippen molar-refractivity contribution in [1.29, 1.82) is 0 Å². The van der Waals surface area contributed by atoms with Crippen LogP contribution in [0.1, 0.15) is 40.0 Å². The van der Waals surface area contributed by atoms with Gasteiger partial charge in [-0.1, -0.05) is 0 Å². The summed E-state index contributed by atoms with van der Waals surface area (Å²) in [6, 6.07) is 0. The van der Waals surface area contributed by atoms with Crippen molar-refractivity contribution in [2.24, 2.45) is 5.41 Å². The van der Waals surface area contributed by atoms with E-state index in [1.54, 1.807) is 11.8 Å². The van der Waals surface area contributed by atoms with Crippen molar-refractivity contribution in [2.75, 3.05) is 26.2 Å². The van der Waals surface area contributed by atoms with E-state index >= 15 is 0 Å². The summed E-state index contributed by atoms with van der Waals surface area (Å²) < 4.78 is 0. The highest BCUT2D eigenvalue weighted by atomic mass is 16.4. The predicted octanol–water partition coefficient (Wildman–Crippen LogP) is 0.545. The van der Waals surface area contributed by atoms with E-state index in [0.29, 0.717) is 26.1 Å². The smallest absolute Gasteiger partial charge is 0.317 e. The van der Waals surface area contributed by atoms with Crippen molar-refractivity contribution in [1.82, 2.24) is 9.80 Å². The van der Waals surface area contributed by atoms with Gasteiger partial charge >= 0.3 is 5.97 Å². The third-order valence-corrected chi connectivity index (χ3v) is 5.29. The van der Waals surface area contributed by atoms with Gasteiger partial charge in [-0.3, -0.25) is 14.5 Å². The van der Waals surface area contributed by atoms with Crippen LogP contribution in [0.3, 0.4) is 0 Å². The minimum Gasteiger partial charge on any atom is -0.480 e. The first-order valence-electron chi connectivity index (χ1n) is 7.57. The molecule has 2 aliphatic heterocycles. The van der Waals surface area contributed by atoms with Gasteiger partial charge in [0.05, 0.1) is 18.2 Å². The second kappa shape index (κ2) is 5.57. The van der Waals surface area contributed by atoms with E-state index < -0.39 is 17.6 Å². The van der Waals surface area contributed by atoms with E-state index in [9.17, 15) is 14.7 Å². The molecule has 6 heteroatoms. The molecule has 2 aliphatic rings. The summed E-state index contributed by atoms with van der Waals surface area (Å²) in [4.78, 5) is 26.4. The van der Waals surface area contributed by atoms with E-state index in [-0.39, 0.29) is 17.9 Å². The van der Waals surface area contributed by atoms with Crippen LogP contribution in [0.25, 0.3) is 0 Å². The molecule has 1 unspecified atom stereocenters. The first kappa shape index (κ1) is 16.2. The Hall–Kier alpha value is -1.14. The second-order valence-corrected chi connectivity index (χ2v) is 7.15. The first-order valence-corrected chi connectivity index (χ1v) is 7.57. The van der Waals surface area contributed by atoms with E-state index in [4.69, 9.17) is 5.11 Å². The Morgan fingerprint density at radius 1 is 1.24 bits per heavy atom. The molecule has 0 radical (unpaired) electrons. The number of carbonyl (C=O) groups excluding carboxylic acids is 1. The lowest BCUT2D eigenvalue weighted by atomic mass is 9.67. The van der Waals surface area contributed by atoms with Crippen molar-refractivity contribution in [2.45, 2.75) is 51.7 Å². The zero-order valence-electron chi connectivity index (χ0n) is 13.1. The van der Waals surface area contributed by atoms with Crippen molar-refractivity contribution >= 4 is 11.9 Å². The SMILES string of the molecule is CC(=O)N1CC2(CCN(CC(=O)O)CC2)CC(O)C1(C)C. The van der Waals surface area contributed by atoms with Gasteiger partial charge < -0.3 is 15.1 Å². The molecule has 0 bridgehead atoms. The Balaban J connectivity index is 2.08. The Bertz CT molecular complexity index is 427. The molecule has 0 aromatic heterocycles. The van der Waals surface area contributed by atoms with Gasteiger partial charge in [-0.2, -0.15) is 0 Å². The number of amides is 1. The summed E-state index contributed by atoms with van der Waals surface area (Å²) in [5.74, 6) is -0.813. The molecule has 0 aromatic rings. The van der Waals surface area contributed by atoms with Gasteiger partial charge in [-0.15, -0.1) is 0 Å². The number of hydrogen-bond acceptors (Lipinski definition) is 4. The quantitative estimate of drug-likeness (QED) is 0.778. The van der Waals surface area contributed by atoms with Crippen LogP contribution in [0, 0.1) is 5.41 Å². The van der Waals surface area contributed by atoms with Gasteiger partial charge in [-0.25, -0.2) is 0 Å². The fourth-order valence-electron chi connectivity index (χ4n) is 3.70. The average molecular weight is 298 g/mol. The van der Waals surface area contributed by atoms with Gasteiger partial charge in [0.2, 0.25) is 5.91 Å². The van der Waals surface area contributed by atoms with Gasteiger partial charge in [0, 0.05) is 13.5 Å². The Kier molecular flexibility index (Phi) is 4.31. The first-order chi connectivity index (χ1) is 9.66. The lowest BCUT2D eigenvalue weighted by Crippen LogP contribution is -2.64. The highest BCUT2D eigenvalue weighted by Gasteiger charge is 2.50. The van der Waals surface area contributed by atoms with Crippen LogP contribution in [-0.4, -0.2) is 69.7 Å². The third-order valence-electron chi connectivity index (χ3n) is 5.29. The minimum absolute atomic E-state index is 0.00825. The molecule has 0 aromatic carbocycles. The zero-order chi connectivity index (χ0) is 15.8. The minimum atomic E-state index is -0.805. The fraction of sp³-hybridized carbons (Fsp3) is 0.867. The number of nitrogens with zero attached hydrogens (tertiary/aromatic N) is 2. The third kappa shape index (κ3) is 3.21. The number of carboxylic acid groups (broad SMARTS) is 1. The van der Waals surface area contributed by atoms with Crippen LogP contribution < -0.4 is 0 Å². The molecule has 1 spiro atoms. The molecule has 6 nitrogen and oxygen atoms in total. The predicted molar refractivity (Wildman–Crippen MR) is 77.8 cm³/mol. The molecule has 2 fully saturated rings. The Morgan fingerprint density at radius 3 is 2.29 bits per heavy atom. The van der Waals surface area contributed by atoms with E-state index in [1.165, 1.54) is 0 Å². The number of aliphatic carboxylic acids is 1. The number of rotatable bonds is 2. The molecule has 0 saturated carbocycles. The van der Waals surface area contributed by atoms with Crippen molar-refractivity contribution in [3.8, 4) is 0 Å². The van der Waals surface area contributed by atoms with Crippen molar-refractivity contribution in [3.05, 3.63) is 0 Å². The maximum absolute atomic E-state index is 11.9. The van der Waals surface area contributed by atoms with E-state index in [0.717, 1.165) is 12.8 Å². The number of carbonyl (C=O) groups is 2. The summed E-state index contributed by atoms with van der Waals surface area (Å²) >= 11 is 0. The summed E-state index contributed by atoms with van der Waals surface area (Å²) in [7, 11) is 0. The molecular weight excluding hydrogens is 272 g/mol. The standard InChI is InChI=1S/C15H26N2O4/c1-11(18)17-10-15(8-12(19)14(17,2)3)4-6-16(7-5-15)9-13(20)21/h12,19H,4-10H2,1-3H3,(H,20,21). The molecule has 2 saturated heterocycles. The van der Waals surface area contributed by atoms with Crippen LogP contribution in [0.15, 0.2) is 0 Å². The maximum atomic E-state index is 11.9. The topological polar surface area (TPSA) is 81.1 Å². The lowest BCUT2D eigenvalue weighted by molar-refractivity contribution is -0.157. The lowest BCUT2D eigenvalue weighted by Gasteiger charge is -2.55. The number of likely N-dealkylation sites (tertiary alicyclic amines) is 2. The molecule has 2 N–H and O–H groups in total. The van der Waals surface area contributed by atoms with Gasteiger partial charge in [-0.05, 0) is 51.6 Å². The molecule has 1 amide bonds. The van der Waals surface area contributed by atoms with Crippen LogP contribution in [0.4, 0.5) is 0 Å². The van der Waals surface area contributed by atoms with Gasteiger partial charge in [0.1, 0.15) is 0 Å². The highest BCUT2D eigenvalue weighted by Crippen LogP contribution is 2.44. The number of aliphatic hydroxyl groups is 1. The summed E-state index contributed by atoms with van der Waals surface area (Å²) in [5, 5.41) is 19.3. The average Bonchev–Trinajstić information content (AvgIpc) is 2.36. The normalized spacial score (nSPS) is 28.6. The number of aliphatic hydroxyl groups excluding tert-OH is 1. The van der Waals surface area contributed by atoms with E-state index in [1.807, 2.05) is 18.7 Å². The van der Waals surface area contributed by atoms with E-state index in [2.05, 4.69) is 0 Å². The van der Waals surface area contributed by atoms with Crippen LogP contribution >= 0.6 is 0 Å². The van der Waals surface area contributed by atoms with Crippen LogP contribution in [0.2, 0.25) is 0 Å². The van der Waals surface area contributed by atoms with Crippen LogP contribution in [-0.2, 0) is 9.59 Å². The number of piperidine rings is 2. The summed E-state index contributed by atoms with van der Waals surface area (Å²) in [6.07, 6.45) is 1.81. The highest BCUT2D eigenvalue weighted by molar-refractivity contribution is 5.74. The maximum Gasteiger partial charge on any atom is 0.317 e. The molecule has 21 heavy (non-hydrogen) atoms. The Labute approximate surface area is 125 Å². The van der Waals surface area contributed by atoms with Gasteiger partial charge in [0.25, 0.3) is 0 Å². The molecule has 1 atom stereocenters. The molecule has 2 heterocycles. The van der Waals surface area contributed by atoms with Gasteiger partial charge in [0.15, 0.2) is 0 Å². The van der Waals surface area contributed by atoms with Crippen molar-refractivity contribution in [3.63, 3.8) is 0 Å². The fourth-order valence-corrected chi connectivity index (χ4v) is 3.70. The second-order valence-electron chi connectivity index (χ2n) is 7.15. The summed E-state index contributed by atoms with van der Waals surface area (Å²) in [6.45, 7) is 7.52. The molecule has 120 valence electrons. The number of carboxylic acids is 1. The monoisotopic (exact) mass is 298 g/mol. The molecule has 0 aliphatic carbocycles. The molecule has 2 rings (SSSR count). The van der Waals surface area contributed by atoms with Crippen molar-refractivity contribution < 1.29 is 19.8 Å². The molecular formula is C15H26N2O4. The zero-order valence-corrected chi connectivity index (χ0v) is 13.1. The summed E-state index contributed by atoms with van der Waals surface area (Å²) in [5.41, 5.74) is -0.606. The largest absolute Gasteiger partial charge is 0.480 e. The number of hydrogen-bond donors (Lipinski definition) is 2. The van der Waals surface area contributed by atoms with Crippen LogP contribution in [0.5, 0.6) is 0 Å². The Morgan fingerprint density at radius 2 is 1.81 bits per heavy atom.